The molecule has 0 spiro atoms. The Labute approximate surface area is 86.6 Å². The summed E-state index contributed by atoms with van der Waals surface area (Å²) in [6, 6.07) is 0. The molecule has 0 unspecified atom stereocenters. The number of hydrogen-bond acceptors (Lipinski definition) is 2. The summed E-state index contributed by atoms with van der Waals surface area (Å²) in [5.41, 5.74) is 0. The van der Waals surface area contributed by atoms with E-state index in [0.717, 1.165) is 25.7 Å². The minimum absolute atomic E-state index is 0.272. The molecule has 0 aromatic heterocycles. The van der Waals surface area contributed by atoms with E-state index < -0.39 is 0 Å². The molecule has 2 heteroatoms. The maximum absolute atomic E-state index is 10.7. The van der Waals surface area contributed by atoms with E-state index in [-0.39, 0.29) is 5.97 Å². The topological polar surface area (TPSA) is 26.3 Å². The molecule has 0 bridgehead atoms. The largest absolute Gasteiger partial charge is 0.466 e. The maximum atomic E-state index is 10.7. The van der Waals surface area contributed by atoms with Gasteiger partial charge in [-0.15, -0.1) is 0 Å². The van der Waals surface area contributed by atoms with Gasteiger partial charge in [0.05, 0.1) is 7.11 Å². The van der Waals surface area contributed by atoms with Crippen molar-refractivity contribution in [1.29, 1.82) is 0 Å². The Morgan fingerprint density at radius 2 is 1.79 bits per heavy atom. The van der Waals surface area contributed by atoms with Gasteiger partial charge in [0.15, 0.2) is 0 Å². The van der Waals surface area contributed by atoms with Crippen LogP contribution in [-0.2, 0) is 9.53 Å². The summed E-state index contributed by atoms with van der Waals surface area (Å²) in [5, 5.41) is 0. The molecule has 0 amide bonds. The molecular formula is C12H20O2. The van der Waals surface area contributed by atoms with Crippen molar-refractivity contribution < 1.29 is 9.53 Å². The SMILES string of the molecule is CCCC=CCCCC=CC(=O)OC. The molecule has 0 fully saturated rings. The van der Waals surface area contributed by atoms with E-state index in [0.29, 0.717) is 0 Å². The molecule has 0 aliphatic carbocycles. The zero-order chi connectivity index (χ0) is 10.6. The number of carbonyl (C=O) groups excluding carboxylic acids is 1. The van der Waals surface area contributed by atoms with Crippen LogP contribution in [0.1, 0.15) is 39.0 Å². The Kier molecular flexibility index (Phi) is 9.28. The normalized spacial score (nSPS) is 11.3. The lowest BCUT2D eigenvalue weighted by Crippen LogP contribution is -1.93. The predicted octanol–water partition coefficient (Wildman–Crippen LogP) is 3.24. The van der Waals surface area contributed by atoms with Gasteiger partial charge in [-0.1, -0.05) is 31.6 Å². The van der Waals surface area contributed by atoms with Gasteiger partial charge in [0, 0.05) is 6.08 Å². The minimum Gasteiger partial charge on any atom is -0.466 e. The van der Waals surface area contributed by atoms with Gasteiger partial charge in [0.25, 0.3) is 0 Å². The number of methoxy groups -OCH3 is 1. The summed E-state index contributed by atoms with van der Waals surface area (Å²) in [6.07, 6.45) is 13.2. The van der Waals surface area contributed by atoms with E-state index in [1.165, 1.54) is 19.6 Å². The molecule has 0 saturated heterocycles. The van der Waals surface area contributed by atoms with Gasteiger partial charge in [-0.2, -0.15) is 0 Å². The molecule has 0 aromatic rings. The van der Waals surface area contributed by atoms with Crippen molar-refractivity contribution in [3.8, 4) is 0 Å². The molecular weight excluding hydrogens is 176 g/mol. The molecule has 2 nitrogen and oxygen atoms in total. The fourth-order valence-corrected chi connectivity index (χ4v) is 1.00. The Hall–Kier alpha value is -1.05. The van der Waals surface area contributed by atoms with Gasteiger partial charge in [0.2, 0.25) is 0 Å². The third kappa shape index (κ3) is 9.04. The fourth-order valence-electron chi connectivity index (χ4n) is 1.00. The lowest BCUT2D eigenvalue weighted by molar-refractivity contribution is -0.134. The third-order valence-corrected chi connectivity index (χ3v) is 1.82. The smallest absolute Gasteiger partial charge is 0.330 e. The second-order valence-corrected chi connectivity index (χ2v) is 3.12. The average Bonchev–Trinajstić information content (AvgIpc) is 2.21. The molecule has 14 heavy (non-hydrogen) atoms. The van der Waals surface area contributed by atoms with Crippen molar-refractivity contribution in [2.75, 3.05) is 7.11 Å². The molecule has 0 saturated carbocycles. The van der Waals surface area contributed by atoms with Crippen LogP contribution in [0, 0.1) is 0 Å². The Balaban J connectivity index is 3.29. The molecule has 0 heterocycles. The highest BCUT2D eigenvalue weighted by molar-refractivity contribution is 5.81. The van der Waals surface area contributed by atoms with Crippen molar-refractivity contribution in [2.45, 2.75) is 39.0 Å². The number of carbonyl (C=O) groups is 1. The lowest BCUT2D eigenvalue weighted by atomic mass is 10.2. The first-order valence-electron chi connectivity index (χ1n) is 5.20. The second-order valence-electron chi connectivity index (χ2n) is 3.12. The van der Waals surface area contributed by atoms with Gasteiger partial charge in [-0.25, -0.2) is 4.79 Å². The molecule has 0 atom stereocenters. The number of esters is 1. The zero-order valence-electron chi connectivity index (χ0n) is 9.16. The van der Waals surface area contributed by atoms with Gasteiger partial charge in [0.1, 0.15) is 0 Å². The summed E-state index contributed by atoms with van der Waals surface area (Å²) in [4.78, 5) is 10.7. The van der Waals surface area contributed by atoms with Crippen LogP contribution in [0.15, 0.2) is 24.3 Å². The van der Waals surface area contributed by atoms with Crippen LogP contribution in [-0.4, -0.2) is 13.1 Å². The highest BCUT2D eigenvalue weighted by atomic mass is 16.5. The van der Waals surface area contributed by atoms with Crippen molar-refractivity contribution >= 4 is 5.97 Å². The monoisotopic (exact) mass is 196 g/mol. The number of hydrogen-bond donors (Lipinski definition) is 0. The fraction of sp³-hybridized carbons (Fsp3) is 0.583. The van der Waals surface area contributed by atoms with E-state index in [1.807, 2.05) is 6.08 Å². The van der Waals surface area contributed by atoms with Crippen LogP contribution in [0.5, 0.6) is 0 Å². The van der Waals surface area contributed by atoms with Gasteiger partial charge in [-0.3, -0.25) is 0 Å². The second kappa shape index (κ2) is 10.0. The van der Waals surface area contributed by atoms with Gasteiger partial charge in [-0.05, 0) is 25.7 Å². The van der Waals surface area contributed by atoms with Crippen LogP contribution in [0.25, 0.3) is 0 Å². The Bertz CT molecular complexity index is 192. The Morgan fingerprint density at radius 3 is 2.43 bits per heavy atom. The summed E-state index contributed by atoms with van der Waals surface area (Å²) >= 11 is 0. The van der Waals surface area contributed by atoms with Crippen molar-refractivity contribution in [3.63, 3.8) is 0 Å². The van der Waals surface area contributed by atoms with E-state index in [9.17, 15) is 4.79 Å². The standard InChI is InChI=1S/C12H20O2/c1-3-4-5-6-7-8-9-10-11-12(13)14-2/h5-6,10-11H,3-4,7-9H2,1-2H3. The number of unbranched alkanes of at least 4 members (excludes halogenated alkanes) is 3. The van der Waals surface area contributed by atoms with Crippen LogP contribution < -0.4 is 0 Å². The van der Waals surface area contributed by atoms with Crippen molar-refractivity contribution in [3.05, 3.63) is 24.3 Å². The van der Waals surface area contributed by atoms with Crippen molar-refractivity contribution in [2.24, 2.45) is 0 Å². The van der Waals surface area contributed by atoms with E-state index in [2.05, 4.69) is 23.8 Å². The minimum atomic E-state index is -0.272. The van der Waals surface area contributed by atoms with E-state index >= 15 is 0 Å². The van der Waals surface area contributed by atoms with E-state index in [4.69, 9.17) is 0 Å². The highest BCUT2D eigenvalue weighted by Crippen LogP contribution is 1.99. The molecule has 0 N–H and O–H groups in total. The van der Waals surface area contributed by atoms with Crippen LogP contribution in [0.4, 0.5) is 0 Å². The van der Waals surface area contributed by atoms with Crippen LogP contribution >= 0.6 is 0 Å². The van der Waals surface area contributed by atoms with E-state index in [1.54, 1.807) is 0 Å². The predicted molar refractivity (Wildman–Crippen MR) is 59.1 cm³/mol. The molecule has 0 rings (SSSR count). The number of rotatable bonds is 7. The van der Waals surface area contributed by atoms with Crippen LogP contribution in [0.2, 0.25) is 0 Å². The quantitative estimate of drug-likeness (QED) is 0.270. The summed E-state index contributed by atoms with van der Waals surface area (Å²) < 4.78 is 4.47. The van der Waals surface area contributed by atoms with Crippen LogP contribution in [0.3, 0.4) is 0 Å². The van der Waals surface area contributed by atoms with Gasteiger partial charge >= 0.3 is 5.97 Å². The Morgan fingerprint density at radius 1 is 1.14 bits per heavy atom. The first-order valence-corrected chi connectivity index (χ1v) is 5.20. The van der Waals surface area contributed by atoms with Gasteiger partial charge < -0.3 is 4.74 Å². The molecule has 0 aliphatic rings. The molecule has 80 valence electrons. The average molecular weight is 196 g/mol. The molecule has 0 radical (unpaired) electrons. The summed E-state index contributed by atoms with van der Waals surface area (Å²) in [5.74, 6) is -0.272. The zero-order valence-corrected chi connectivity index (χ0v) is 9.16. The number of allylic oxidation sites excluding steroid dienone is 3. The number of ether oxygens (including phenoxy) is 1. The van der Waals surface area contributed by atoms with Crippen molar-refractivity contribution in [1.82, 2.24) is 0 Å². The summed E-state index contributed by atoms with van der Waals surface area (Å²) in [7, 11) is 1.39. The maximum Gasteiger partial charge on any atom is 0.330 e. The first-order chi connectivity index (χ1) is 6.81. The highest BCUT2D eigenvalue weighted by Gasteiger charge is 1.88. The molecule has 0 aliphatic heterocycles. The third-order valence-electron chi connectivity index (χ3n) is 1.82. The first kappa shape index (κ1) is 12.9. The lowest BCUT2D eigenvalue weighted by Gasteiger charge is -1.91. The summed E-state index contributed by atoms with van der Waals surface area (Å²) in [6.45, 7) is 2.17. The molecule has 0 aromatic carbocycles.